The Morgan fingerprint density at radius 1 is 1.78 bits per heavy atom. The summed E-state index contributed by atoms with van der Waals surface area (Å²) < 4.78 is 2.02. The molecule has 9 heavy (non-hydrogen) atoms. The predicted octanol–water partition coefficient (Wildman–Crippen LogP) is 0.541. The molecule has 0 aromatic rings. The van der Waals surface area contributed by atoms with E-state index in [1.807, 2.05) is 35.3 Å². The summed E-state index contributed by atoms with van der Waals surface area (Å²) in [7, 11) is 1.96. The topological polar surface area (TPSA) is 20.3 Å². The van der Waals surface area contributed by atoms with E-state index in [-0.39, 0.29) is 10.7 Å². The molecule has 0 aliphatic carbocycles. The first kappa shape index (κ1) is 6.55. The normalized spacial score (nSPS) is 24.1. The molecule has 1 radical (unpaired) electrons. The molecule has 0 amide bonds. The van der Waals surface area contributed by atoms with E-state index in [0.717, 1.165) is 0 Å². The van der Waals surface area contributed by atoms with Crippen LogP contribution in [-0.4, -0.2) is 28.8 Å². The van der Waals surface area contributed by atoms with Gasteiger partial charge in [0.1, 0.15) is 0 Å². The molecule has 1 atom stereocenters. The van der Waals surface area contributed by atoms with E-state index >= 15 is 0 Å². The molecule has 1 rings (SSSR count). The van der Waals surface area contributed by atoms with Crippen molar-refractivity contribution in [3.05, 3.63) is 12.3 Å². The first-order valence-electron chi connectivity index (χ1n) is 2.64. The lowest BCUT2D eigenvalue weighted by Gasteiger charge is -2.11. The zero-order valence-electron chi connectivity index (χ0n) is 5.20. The van der Waals surface area contributed by atoms with Gasteiger partial charge < -0.3 is 4.31 Å². The molecule has 0 aromatic carbocycles. The molecule has 3 heteroatoms. The fourth-order valence-electron chi connectivity index (χ4n) is 0.631. The van der Waals surface area contributed by atoms with Gasteiger partial charge in [0.25, 0.3) is 0 Å². The van der Waals surface area contributed by atoms with Gasteiger partial charge in [-0.05, 0) is 11.4 Å². The van der Waals surface area contributed by atoms with Crippen LogP contribution in [0.15, 0.2) is 12.3 Å². The highest BCUT2D eigenvalue weighted by atomic mass is 32.2. The summed E-state index contributed by atoms with van der Waals surface area (Å²) in [5, 5.41) is 2.02. The number of hydrogen-bond acceptors (Lipinski definition) is 2. The van der Waals surface area contributed by atoms with Gasteiger partial charge in [-0.2, -0.15) is 0 Å². The van der Waals surface area contributed by atoms with Gasteiger partial charge in [0, 0.05) is 13.2 Å². The fourth-order valence-corrected chi connectivity index (χ4v) is 1.72. The van der Waals surface area contributed by atoms with Crippen molar-refractivity contribution in [3.63, 3.8) is 0 Å². The second-order valence-electron chi connectivity index (χ2n) is 1.71. The largest absolute Gasteiger partial charge is 0.331 e. The van der Waals surface area contributed by atoms with Crippen LogP contribution in [0.3, 0.4) is 0 Å². The average Bonchev–Trinajstić information content (AvgIpc) is 2.18. The summed E-state index contributed by atoms with van der Waals surface area (Å²) >= 11 is 0. The van der Waals surface area contributed by atoms with E-state index in [0.29, 0.717) is 5.75 Å². The number of allylic oxidation sites excluding steroid dienone is 1. The Labute approximate surface area is 57.2 Å². The molecule has 0 saturated carbocycles. The van der Waals surface area contributed by atoms with Crippen molar-refractivity contribution < 1.29 is 4.79 Å². The van der Waals surface area contributed by atoms with E-state index in [9.17, 15) is 4.79 Å². The van der Waals surface area contributed by atoms with Gasteiger partial charge in [-0.25, -0.2) is 0 Å². The van der Waals surface area contributed by atoms with E-state index in [4.69, 9.17) is 0 Å². The first-order chi connectivity index (χ1) is 4.34. The molecule has 1 aliphatic heterocycles. The van der Waals surface area contributed by atoms with Crippen LogP contribution < -0.4 is 0 Å². The minimum Gasteiger partial charge on any atom is -0.331 e. The quantitative estimate of drug-likeness (QED) is 0.524. The van der Waals surface area contributed by atoms with Crippen LogP contribution in [0, 0.1) is 0 Å². The zero-order valence-corrected chi connectivity index (χ0v) is 6.02. The lowest BCUT2D eigenvalue weighted by Crippen LogP contribution is -2.01. The summed E-state index contributed by atoms with van der Waals surface area (Å²) in [6, 6.07) is 0. The highest BCUT2D eigenvalue weighted by Gasteiger charge is 2.01. The van der Waals surface area contributed by atoms with Crippen molar-refractivity contribution in [1.29, 1.82) is 0 Å². The highest BCUT2D eigenvalue weighted by Crippen LogP contribution is 2.19. The molecule has 0 bridgehead atoms. The van der Waals surface area contributed by atoms with E-state index in [2.05, 4.69) is 0 Å². The van der Waals surface area contributed by atoms with Gasteiger partial charge in [-0.3, -0.25) is 4.79 Å². The molecule has 49 valence electrons. The van der Waals surface area contributed by atoms with Crippen LogP contribution in [0.5, 0.6) is 0 Å². The molecule has 2 nitrogen and oxygen atoms in total. The van der Waals surface area contributed by atoms with Gasteiger partial charge in [0.05, 0.1) is 5.75 Å². The summed E-state index contributed by atoms with van der Waals surface area (Å²) in [6.45, 7) is 0. The first-order valence-corrected chi connectivity index (χ1v) is 4.05. The third kappa shape index (κ3) is 1.42. The maximum atomic E-state index is 9.91. The Hall–Kier alpha value is -0.570. The Kier molecular flexibility index (Phi) is 2.05. The minimum atomic E-state index is 0.00154. The van der Waals surface area contributed by atoms with Crippen molar-refractivity contribution in [2.75, 3.05) is 12.8 Å². The zero-order chi connectivity index (χ0) is 6.69. The van der Waals surface area contributed by atoms with Crippen molar-refractivity contribution >= 4 is 22.3 Å². The molecule has 1 heterocycles. The third-order valence-electron chi connectivity index (χ3n) is 1.11. The molecule has 1 unspecified atom stereocenters. The van der Waals surface area contributed by atoms with Crippen LogP contribution in [0.4, 0.5) is 0 Å². The second-order valence-corrected chi connectivity index (χ2v) is 3.65. The minimum absolute atomic E-state index is 0.00154. The monoisotopic (exact) mass is 142 g/mol. The second kappa shape index (κ2) is 2.82. The molecule has 0 N–H and O–H groups in total. The Balaban J connectivity index is 2.53. The van der Waals surface area contributed by atoms with Gasteiger partial charge >= 0.3 is 0 Å². The van der Waals surface area contributed by atoms with Crippen molar-refractivity contribution in [3.8, 4) is 0 Å². The molecule has 0 saturated heterocycles. The molecule has 0 fully saturated rings. The van der Waals surface area contributed by atoms with Crippen molar-refractivity contribution in [2.24, 2.45) is 0 Å². The lowest BCUT2D eigenvalue weighted by atomic mass is 10.7. The summed E-state index contributed by atoms with van der Waals surface area (Å²) in [4.78, 5) is 9.91. The summed E-state index contributed by atoms with van der Waals surface area (Å²) in [6.07, 6.45) is 5.81. The Bertz CT molecular complexity index is 174. The number of nitrogens with zero attached hydrogens (tertiary/aromatic N) is 1. The van der Waals surface area contributed by atoms with Crippen molar-refractivity contribution in [2.45, 2.75) is 0 Å². The fraction of sp³-hybridized carbons (Fsp3) is 0.333. The van der Waals surface area contributed by atoms with Crippen LogP contribution in [-0.2, 0) is 4.79 Å². The summed E-state index contributed by atoms with van der Waals surface area (Å²) in [5.41, 5.74) is 0. The van der Waals surface area contributed by atoms with Crippen LogP contribution in [0.25, 0.3) is 0 Å². The maximum Gasteiger partial charge on any atom is 0.210 e. The molecule has 1 aliphatic rings. The Morgan fingerprint density at radius 3 is 3.00 bits per heavy atom. The average molecular weight is 142 g/mol. The van der Waals surface area contributed by atoms with Gasteiger partial charge in [-0.15, -0.1) is 0 Å². The highest BCUT2D eigenvalue weighted by molar-refractivity contribution is 8.13. The van der Waals surface area contributed by atoms with E-state index in [1.54, 1.807) is 0 Å². The van der Waals surface area contributed by atoms with Gasteiger partial charge in [-0.1, -0.05) is 10.7 Å². The maximum absolute atomic E-state index is 9.91. The third-order valence-corrected chi connectivity index (χ3v) is 2.85. The Morgan fingerprint density at radius 2 is 2.56 bits per heavy atom. The number of hydrogen-bond donors (Lipinski definition) is 0. The molecule has 0 spiro atoms. The van der Waals surface area contributed by atoms with Crippen LogP contribution in [0.1, 0.15) is 0 Å². The SMILES string of the molecule is CN1C=CC=S1C[C]=O. The molecular weight excluding hydrogens is 134 g/mol. The summed E-state index contributed by atoms with van der Waals surface area (Å²) in [5.74, 6) is 0.503. The van der Waals surface area contributed by atoms with Gasteiger partial charge in [0.15, 0.2) is 0 Å². The predicted molar refractivity (Wildman–Crippen MR) is 41.1 cm³/mol. The van der Waals surface area contributed by atoms with E-state index in [1.165, 1.54) is 0 Å². The number of carbonyl (C=O) groups excluding carboxylic acids is 1. The lowest BCUT2D eigenvalue weighted by molar-refractivity contribution is 0.560. The molecular formula is C6H8NOS. The van der Waals surface area contributed by atoms with Gasteiger partial charge in [0.2, 0.25) is 6.29 Å². The standard InChI is InChI=1S/C6H8NOS/c1-7-3-2-5-9(7)6-4-8/h2-3,5H,6H2,1H3. The smallest absolute Gasteiger partial charge is 0.210 e. The number of rotatable bonds is 2. The van der Waals surface area contributed by atoms with Crippen LogP contribution >= 0.6 is 10.7 Å². The van der Waals surface area contributed by atoms with Crippen LogP contribution in [0.2, 0.25) is 0 Å². The van der Waals surface area contributed by atoms with E-state index < -0.39 is 0 Å². The van der Waals surface area contributed by atoms with Crippen molar-refractivity contribution in [1.82, 2.24) is 4.31 Å². The molecule has 0 aromatic heterocycles.